The molecule has 7 nitrogen and oxygen atoms in total. The van der Waals surface area contributed by atoms with Gasteiger partial charge in [0.25, 0.3) is 5.91 Å². The van der Waals surface area contributed by atoms with Gasteiger partial charge < -0.3 is 15.4 Å². The highest BCUT2D eigenvalue weighted by Crippen LogP contribution is 2.30. The van der Waals surface area contributed by atoms with Gasteiger partial charge in [0.15, 0.2) is 0 Å². The third-order valence-electron chi connectivity index (χ3n) is 3.65. The molecule has 0 radical (unpaired) electrons. The van der Waals surface area contributed by atoms with Gasteiger partial charge in [0.2, 0.25) is 5.91 Å². The normalized spacial score (nSPS) is 10.3. The first-order valence-electron chi connectivity index (χ1n) is 8.13. The van der Waals surface area contributed by atoms with Crippen molar-refractivity contribution >= 4 is 34.5 Å². The Hall–Kier alpha value is -3.26. The zero-order chi connectivity index (χ0) is 19.4. The van der Waals surface area contributed by atoms with E-state index < -0.39 is 0 Å². The average molecular weight is 382 g/mol. The number of carbonyl (C=O) groups is 2. The van der Waals surface area contributed by atoms with Crippen molar-refractivity contribution in [3.8, 4) is 16.5 Å². The van der Waals surface area contributed by atoms with Crippen LogP contribution in [0.2, 0.25) is 0 Å². The van der Waals surface area contributed by atoms with Gasteiger partial charge in [0, 0.05) is 18.8 Å². The van der Waals surface area contributed by atoms with Crippen molar-refractivity contribution in [2.75, 3.05) is 17.7 Å². The van der Waals surface area contributed by atoms with Crippen LogP contribution in [0.1, 0.15) is 22.3 Å². The lowest BCUT2D eigenvalue weighted by Crippen LogP contribution is -2.13. The summed E-state index contributed by atoms with van der Waals surface area (Å²) in [6.45, 7) is 3.19. The Labute approximate surface area is 160 Å². The monoisotopic (exact) mass is 382 g/mol. The molecule has 1 aromatic carbocycles. The van der Waals surface area contributed by atoms with E-state index in [1.165, 1.54) is 25.4 Å². The second-order valence-corrected chi connectivity index (χ2v) is 6.70. The lowest BCUT2D eigenvalue weighted by atomic mass is 10.2. The van der Waals surface area contributed by atoms with E-state index in [2.05, 4.69) is 20.6 Å². The molecule has 2 N–H and O–H groups in total. The maximum Gasteiger partial charge on any atom is 0.267 e. The highest BCUT2D eigenvalue weighted by atomic mass is 32.1. The molecule has 2 aromatic heterocycles. The van der Waals surface area contributed by atoms with Gasteiger partial charge in [0.05, 0.1) is 24.2 Å². The van der Waals surface area contributed by atoms with E-state index in [9.17, 15) is 9.59 Å². The topological polar surface area (TPSA) is 93.2 Å². The van der Waals surface area contributed by atoms with Gasteiger partial charge in [-0.05, 0) is 37.3 Å². The van der Waals surface area contributed by atoms with Gasteiger partial charge in [-0.25, -0.2) is 4.98 Å². The Balaban J connectivity index is 1.83. The van der Waals surface area contributed by atoms with Crippen molar-refractivity contribution in [2.24, 2.45) is 0 Å². The van der Waals surface area contributed by atoms with Crippen LogP contribution in [0.3, 0.4) is 0 Å². The maximum atomic E-state index is 12.7. The Morgan fingerprint density at radius 3 is 2.63 bits per heavy atom. The fourth-order valence-corrected chi connectivity index (χ4v) is 3.41. The predicted molar refractivity (Wildman–Crippen MR) is 105 cm³/mol. The summed E-state index contributed by atoms with van der Waals surface area (Å²) < 4.78 is 5.22. The Bertz CT molecular complexity index is 986. The molecule has 138 valence electrons. The number of aryl methyl sites for hydroxylation is 1. The van der Waals surface area contributed by atoms with Gasteiger partial charge in [-0.1, -0.05) is 6.07 Å². The standard InChI is InChI=1S/C19H18N4O3S/c1-11-17(27-19(21-11)14-6-4-5-9-20-14)18(25)23-13-7-8-16(26-3)15(10-13)22-12(2)24/h4-10H,1-3H3,(H,22,24)(H,23,25). The van der Waals surface area contributed by atoms with E-state index in [4.69, 9.17) is 4.74 Å². The number of hydrogen-bond acceptors (Lipinski definition) is 6. The molecule has 0 saturated carbocycles. The summed E-state index contributed by atoms with van der Waals surface area (Å²) in [5, 5.41) is 6.20. The SMILES string of the molecule is COc1ccc(NC(=O)c2sc(-c3ccccn3)nc2C)cc1NC(C)=O. The zero-order valence-electron chi connectivity index (χ0n) is 15.1. The zero-order valence-corrected chi connectivity index (χ0v) is 15.9. The van der Waals surface area contributed by atoms with Crippen molar-refractivity contribution < 1.29 is 14.3 Å². The van der Waals surface area contributed by atoms with E-state index in [1.54, 1.807) is 31.3 Å². The van der Waals surface area contributed by atoms with Gasteiger partial charge in [0.1, 0.15) is 15.6 Å². The number of nitrogens with one attached hydrogen (secondary N) is 2. The number of anilines is 2. The molecule has 27 heavy (non-hydrogen) atoms. The summed E-state index contributed by atoms with van der Waals surface area (Å²) in [6.07, 6.45) is 1.69. The van der Waals surface area contributed by atoms with Crippen LogP contribution in [0.15, 0.2) is 42.6 Å². The fourth-order valence-electron chi connectivity index (χ4n) is 2.47. The first-order valence-corrected chi connectivity index (χ1v) is 8.95. The Kier molecular flexibility index (Phi) is 5.46. The number of ether oxygens (including phenoxy) is 1. The van der Waals surface area contributed by atoms with Crippen molar-refractivity contribution in [3.05, 3.63) is 53.2 Å². The van der Waals surface area contributed by atoms with Gasteiger partial charge in [-0.2, -0.15) is 0 Å². The molecule has 0 unspecified atom stereocenters. The fraction of sp³-hybridized carbons (Fsp3) is 0.158. The number of amides is 2. The molecule has 3 aromatic rings. The second-order valence-electron chi connectivity index (χ2n) is 5.70. The predicted octanol–water partition coefficient (Wildman–Crippen LogP) is 3.73. The van der Waals surface area contributed by atoms with E-state index >= 15 is 0 Å². The second kappa shape index (κ2) is 7.96. The van der Waals surface area contributed by atoms with Crippen LogP contribution in [-0.2, 0) is 4.79 Å². The van der Waals surface area contributed by atoms with E-state index in [1.807, 2.05) is 18.2 Å². The van der Waals surface area contributed by atoms with Crippen molar-refractivity contribution in [1.29, 1.82) is 0 Å². The lowest BCUT2D eigenvalue weighted by Gasteiger charge is -2.11. The summed E-state index contributed by atoms with van der Waals surface area (Å²) in [4.78, 5) is 33.3. The molecule has 3 rings (SSSR count). The number of carbonyl (C=O) groups excluding carboxylic acids is 2. The molecule has 0 aliphatic rings. The van der Waals surface area contributed by atoms with E-state index in [0.717, 1.165) is 5.69 Å². The summed E-state index contributed by atoms with van der Waals surface area (Å²) in [7, 11) is 1.51. The van der Waals surface area contributed by atoms with Gasteiger partial charge >= 0.3 is 0 Å². The number of rotatable bonds is 5. The van der Waals surface area contributed by atoms with Crippen molar-refractivity contribution in [2.45, 2.75) is 13.8 Å². The van der Waals surface area contributed by atoms with Crippen LogP contribution in [0.5, 0.6) is 5.75 Å². The number of hydrogen-bond donors (Lipinski definition) is 2. The van der Waals surface area contributed by atoms with Crippen molar-refractivity contribution in [1.82, 2.24) is 9.97 Å². The molecule has 0 saturated heterocycles. The molecule has 0 atom stereocenters. The maximum absolute atomic E-state index is 12.7. The first-order chi connectivity index (χ1) is 13.0. The number of nitrogens with zero attached hydrogens (tertiary/aromatic N) is 2. The molecule has 2 heterocycles. The smallest absolute Gasteiger partial charge is 0.267 e. The van der Waals surface area contributed by atoms with E-state index in [0.29, 0.717) is 32.7 Å². The number of thiazole rings is 1. The molecule has 0 aliphatic heterocycles. The summed E-state index contributed by atoms with van der Waals surface area (Å²) in [6, 6.07) is 10.6. The average Bonchev–Trinajstić information content (AvgIpc) is 3.04. The van der Waals surface area contributed by atoms with Gasteiger partial charge in [-0.3, -0.25) is 14.6 Å². The molecule has 2 amide bonds. The highest BCUT2D eigenvalue weighted by molar-refractivity contribution is 7.17. The first kappa shape index (κ1) is 18.5. The molecular formula is C19H18N4O3S. The molecule has 0 bridgehead atoms. The molecule has 0 aliphatic carbocycles. The van der Waals surface area contributed by atoms with E-state index in [-0.39, 0.29) is 11.8 Å². The minimum absolute atomic E-state index is 0.227. The summed E-state index contributed by atoms with van der Waals surface area (Å²) in [5.74, 6) is 0.0100. The number of pyridine rings is 1. The van der Waals surface area contributed by atoms with Crippen LogP contribution in [0.4, 0.5) is 11.4 Å². The third kappa shape index (κ3) is 4.29. The van der Waals surface area contributed by atoms with Crippen LogP contribution >= 0.6 is 11.3 Å². The van der Waals surface area contributed by atoms with Crippen LogP contribution in [-0.4, -0.2) is 28.9 Å². The largest absolute Gasteiger partial charge is 0.495 e. The lowest BCUT2D eigenvalue weighted by molar-refractivity contribution is -0.114. The number of aromatic nitrogens is 2. The molecule has 0 fully saturated rings. The number of benzene rings is 1. The highest BCUT2D eigenvalue weighted by Gasteiger charge is 2.17. The minimum atomic E-state index is -0.272. The molecule has 0 spiro atoms. The summed E-state index contributed by atoms with van der Waals surface area (Å²) >= 11 is 1.28. The molecular weight excluding hydrogens is 364 g/mol. The van der Waals surface area contributed by atoms with Crippen molar-refractivity contribution in [3.63, 3.8) is 0 Å². The molecule has 8 heteroatoms. The van der Waals surface area contributed by atoms with Crippen LogP contribution in [0, 0.1) is 6.92 Å². The Morgan fingerprint density at radius 2 is 1.96 bits per heavy atom. The quantitative estimate of drug-likeness (QED) is 0.701. The number of methoxy groups -OCH3 is 1. The van der Waals surface area contributed by atoms with Gasteiger partial charge in [-0.15, -0.1) is 11.3 Å². The summed E-state index contributed by atoms with van der Waals surface area (Å²) in [5.41, 5.74) is 2.38. The minimum Gasteiger partial charge on any atom is -0.495 e. The Morgan fingerprint density at radius 1 is 1.15 bits per heavy atom. The van der Waals surface area contributed by atoms with Crippen LogP contribution in [0.25, 0.3) is 10.7 Å². The third-order valence-corrected chi connectivity index (χ3v) is 4.83. The van der Waals surface area contributed by atoms with Crippen LogP contribution < -0.4 is 15.4 Å².